The van der Waals surface area contributed by atoms with Crippen molar-refractivity contribution in [3.8, 4) is 0 Å². The molecule has 0 saturated heterocycles. The van der Waals surface area contributed by atoms with Crippen LogP contribution in [0.2, 0.25) is 0 Å². The number of alkyl halides is 3. The number of fused-ring (bicyclic) bond motifs is 1. The first kappa shape index (κ1) is 14.4. The highest BCUT2D eigenvalue weighted by molar-refractivity contribution is 5.76. The van der Waals surface area contributed by atoms with Crippen LogP contribution in [0, 0.1) is 6.92 Å². The summed E-state index contributed by atoms with van der Waals surface area (Å²) in [5.74, 6) is 0. The summed E-state index contributed by atoms with van der Waals surface area (Å²) in [5.41, 5.74) is 2.14. The average molecular weight is 306 g/mol. The highest BCUT2D eigenvalue weighted by Gasteiger charge is 2.29. The van der Waals surface area contributed by atoms with E-state index in [9.17, 15) is 18.0 Å². The molecule has 22 heavy (non-hydrogen) atoms. The van der Waals surface area contributed by atoms with Gasteiger partial charge in [0.15, 0.2) is 0 Å². The van der Waals surface area contributed by atoms with Crippen LogP contribution in [0.3, 0.4) is 0 Å². The second kappa shape index (κ2) is 5.05. The zero-order chi connectivity index (χ0) is 15.9. The summed E-state index contributed by atoms with van der Waals surface area (Å²) in [6.45, 7) is 2.14. The monoisotopic (exact) mass is 306 g/mol. The number of imidazole rings is 1. The minimum absolute atomic E-state index is 0.222. The molecule has 0 unspecified atom stereocenters. The van der Waals surface area contributed by atoms with E-state index in [-0.39, 0.29) is 12.2 Å². The fraction of sp³-hybridized carbons (Fsp3) is 0.188. The van der Waals surface area contributed by atoms with Crippen molar-refractivity contribution >= 4 is 11.0 Å². The molecule has 114 valence electrons. The summed E-state index contributed by atoms with van der Waals surface area (Å²) in [6.07, 6.45) is -4.35. The maximum atomic E-state index is 12.5. The summed E-state index contributed by atoms with van der Waals surface area (Å²) in [4.78, 5) is 14.8. The van der Waals surface area contributed by atoms with Crippen molar-refractivity contribution in [2.45, 2.75) is 19.6 Å². The molecule has 3 nitrogen and oxygen atoms in total. The molecule has 0 aliphatic rings. The minimum Gasteiger partial charge on any atom is -0.306 e. The molecule has 0 fully saturated rings. The molecule has 1 N–H and O–H groups in total. The van der Waals surface area contributed by atoms with Gasteiger partial charge >= 0.3 is 11.9 Å². The number of aromatic nitrogens is 2. The summed E-state index contributed by atoms with van der Waals surface area (Å²) in [5, 5.41) is 0. The molecular formula is C16H13F3N2O. The van der Waals surface area contributed by atoms with Crippen LogP contribution >= 0.6 is 0 Å². The van der Waals surface area contributed by atoms with Gasteiger partial charge in [0, 0.05) is 0 Å². The lowest BCUT2D eigenvalue weighted by Gasteiger charge is -2.08. The first-order valence-corrected chi connectivity index (χ1v) is 6.70. The Morgan fingerprint density at radius 2 is 1.77 bits per heavy atom. The van der Waals surface area contributed by atoms with Crippen LogP contribution in [0.4, 0.5) is 13.2 Å². The average Bonchev–Trinajstić information content (AvgIpc) is 2.74. The maximum Gasteiger partial charge on any atom is 0.416 e. The molecule has 0 aliphatic heterocycles. The molecule has 0 amide bonds. The van der Waals surface area contributed by atoms with Gasteiger partial charge in [0.05, 0.1) is 23.1 Å². The van der Waals surface area contributed by atoms with Gasteiger partial charge in [-0.3, -0.25) is 4.57 Å². The van der Waals surface area contributed by atoms with E-state index in [1.165, 1.54) is 16.7 Å². The number of aromatic amines is 1. The van der Waals surface area contributed by atoms with Gasteiger partial charge in [-0.15, -0.1) is 0 Å². The molecule has 6 heteroatoms. The Morgan fingerprint density at radius 3 is 2.41 bits per heavy atom. The van der Waals surface area contributed by atoms with E-state index < -0.39 is 11.7 Å². The minimum atomic E-state index is -4.35. The van der Waals surface area contributed by atoms with Gasteiger partial charge in [-0.25, -0.2) is 4.79 Å². The smallest absolute Gasteiger partial charge is 0.306 e. The van der Waals surface area contributed by atoms with Gasteiger partial charge in [-0.2, -0.15) is 13.2 Å². The molecule has 0 radical (unpaired) electrons. The summed E-state index contributed by atoms with van der Waals surface area (Å²) < 4.78 is 39.2. The van der Waals surface area contributed by atoms with Gasteiger partial charge in [-0.1, -0.05) is 18.2 Å². The van der Waals surface area contributed by atoms with E-state index in [1.54, 1.807) is 0 Å². The lowest BCUT2D eigenvalue weighted by atomic mass is 10.1. The lowest BCUT2D eigenvalue weighted by molar-refractivity contribution is -0.137. The van der Waals surface area contributed by atoms with E-state index in [1.807, 2.05) is 25.1 Å². The molecule has 0 saturated carbocycles. The van der Waals surface area contributed by atoms with Gasteiger partial charge in [0.25, 0.3) is 0 Å². The predicted octanol–water partition coefficient (Wildman–Crippen LogP) is 3.71. The van der Waals surface area contributed by atoms with E-state index in [0.717, 1.165) is 28.7 Å². The number of nitrogens with one attached hydrogen (secondary N) is 1. The molecule has 1 heterocycles. The fourth-order valence-electron chi connectivity index (χ4n) is 2.42. The zero-order valence-corrected chi connectivity index (χ0v) is 11.7. The number of rotatable bonds is 2. The molecule has 0 atom stereocenters. The zero-order valence-electron chi connectivity index (χ0n) is 11.7. The van der Waals surface area contributed by atoms with Crippen molar-refractivity contribution in [3.63, 3.8) is 0 Å². The van der Waals surface area contributed by atoms with Crippen molar-refractivity contribution in [2.24, 2.45) is 0 Å². The van der Waals surface area contributed by atoms with Crippen molar-refractivity contribution in [3.05, 3.63) is 69.6 Å². The normalized spacial score (nSPS) is 12.0. The highest BCUT2D eigenvalue weighted by atomic mass is 19.4. The first-order valence-electron chi connectivity index (χ1n) is 6.70. The third-order valence-corrected chi connectivity index (χ3v) is 3.55. The Bertz CT molecular complexity index is 873. The van der Waals surface area contributed by atoms with Gasteiger partial charge in [0.2, 0.25) is 0 Å². The van der Waals surface area contributed by atoms with Crippen molar-refractivity contribution in [2.75, 3.05) is 0 Å². The van der Waals surface area contributed by atoms with E-state index >= 15 is 0 Å². The van der Waals surface area contributed by atoms with Crippen LogP contribution in [0.15, 0.2) is 47.3 Å². The quantitative estimate of drug-likeness (QED) is 0.770. The van der Waals surface area contributed by atoms with Crippen LogP contribution < -0.4 is 5.69 Å². The van der Waals surface area contributed by atoms with Gasteiger partial charge in [0.1, 0.15) is 0 Å². The van der Waals surface area contributed by atoms with Crippen molar-refractivity contribution < 1.29 is 13.2 Å². The van der Waals surface area contributed by atoms with Crippen LogP contribution in [0.5, 0.6) is 0 Å². The number of hydrogen-bond donors (Lipinski definition) is 1. The molecule has 1 aromatic heterocycles. The molecule has 2 aromatic carbocycles. The Hall–Kier alpha value is -2.50. The molecule has 0 spiro atoms. The fourth-order valence-corrected chi connectivity index (χ4v) is 2.42. The maximum absolute atomic E-state index is 12.5. The van der Waals surface area contributed by atoms with E-state index in [2.05, 4.69) is 4.98 Å². The lowest BCUT2D eigenvalue weighted by Crippen LogP contribution is -2.17. The highest BCUT2D eigenvalue weighted by Crippen LogP contribution is 2.29. The van der Waals surface area contributed by atoms with E-state index in [4.69, 9.17) is 0 Å². The molecular weight excluding hydrogens is 293 g/mol. The van der Waals surface area contributed by atoms with Crippen LogP contribution in [0.1, 0.15) is 16.7 Å². The Labute approximate surface area is 124 Å². The first-order chi connectivity index (χ1) is 10.3. The summed E-state index contributed by atoms with van der Waals surface area (Å²) >= 11 is 0. The van der Waals surface area contributed by atoms with Crippen LogP contribution in [-0.4, -0.2) is 9.55 Å². The third-order valence-electron chi connectivity index (χ3n) is 3.55. The Morgan fingerprint density at radius 1 is 1.09 bits per heavy atom. The number of benzene rings is 2. The standard InChI is InChI=1S/C16H13F3N2O/c1-10-2-7-14-13(8-10)20-15(22)21(14)9-11-3-5-12(6-4-11)16(17,18)19/h2-8H,9H2,1H3,(H,20,22). The molecule has 3 aromatic rings. The summed E-state index contributed by atoms with van der Waals surface area (Å²) in [6, 6.07) is 10.4. The second-order valence-electron chi connectivity index (χ2n) is 5.23. The topological polar surface area (TPSA) is 37.8 Å². The molecule has 0 aliphatic carbocycles. The number of nitrogens with zero attached hydrogens (tertiary/aromatic N) is 1. The Balaban J connectivity index is 1.97. The summed E-state index contributed by atoms with van der Waals surface area (Å²) in [7, 11) is 0. The van der Waals surface area contributed by atoms with Crippen LogP contribution in [0.25, 0.3) is 11.0 Å². The Kier molecular flexibility index (Phi) is 3.31. The SMILES string of the molecule is Cc1ccc2c(c1)[nH]c(=O)n2Cc1ccc(C(F)(F)F)cc1. The predicted molar refractivity (Wildman–Crippen MR) is 77.8 cm³/mol. The van der Waals surface area contributed by atoms with Crippen LogP contribution in [-0.2, 0) is 12.7 Å². The van der Waals surface area contributed by atoms with Crippen molar-refractivity contribution in [1.29, 1.82) is 0 Å². The number of hydrogen-bond acceptors (Lipinski definition) is 1. The van der Waals surface area contributed by atoms with Gasteiger partial charge < -0.3 is 4.98 Å². The third kappa shape index (κ3) is 2.64. The molecule has 0 bridgehead atoms. The van der Waals surface area contributed by atoms with Crippen molar-refractivity contribution in [1.82, 2.24) is 9.55 Å². The second-order valence-corrected chi connectivity index (χ2v) is 5.23. The van der Waals surface area contributed by atoms with Gasteiger partial charge in [-0.05, 0) is 42.3 Å². The largest absolute Gasteiger partial charge is 0.416 e. The number of H-pyrrole nitrogens is 1. The van der Waals surface area contributed by atoms with E-state index in [0.29, 0.717) is 5.56 Å². The number of aryl methyl sites for hydroxylation is 1. The molecule has 3 rings (SSSR count). The number of halogens is 3.